The number of aromatic nitrogens is 2. The Bertz CT molecular complexity index is 348. The zero-order valence-electron chi connectivity index (χ0n) is 9.39. The van der Waals surface area contributed by atoms with E-state index in [2.05, 4.69) is 15.3 Å². The van der Waals surface area contributed by atoms with E-state index in [-0.39, 0.29) is 5.91 Å². The number of nitrogens with one attached hydrogen (secondary N) is 1. The fourth-order valence-corrected chi connectivity index (χ4v) is 1.93. The lowest BCUT2D eigenvalue weighted by atomic mass is 10.2. The van der Waals surface area contributed by atoms with Crippen molar-refractivity contribution < 1.29 is 4.79 Å². The smallest absolute Gasteiger partial charge is 0.273 e. The molecule has 1 aromatic heterocycles. The molecule has 1 aliphatic rings. The number of nitrogens with zero attached hydrogens (tertiary/aromatic N) is 3. The minimum atomic E-state index is -0.0678. The summed E-state index contributed by atoms with van der Waals surface area (Å²) in [5, 5.41) is 3.36. The van der Waals surface area contributed by atoms with Crippen molar-refractivity contribution in [1.82, 2.24) is 20.2 Å². The first-order chi connectivity index (χ1) is 7.77. The summed E-state index contributed by atoms with van der Waals surface area (Å²) in [6.07, 6.45) is 6.93. The third-order valence-electron chi connectivity index (χ3n) is 2.79. The van der Waals surface area contributed by atoms with E-state index in [1.807, 2.05) is 0 Å². The summed E-state index contributed by atoms with van der Waals surface area (Å²) in [4.78, 5) is 21.5. The van der Waals surface area contributed by atoms with Crippen molar-refractivity contribution in [3.63, 3.8) is 0 Å². The summed E-state index contributed by atoms with van der Waals surface area (Å²) in [7, 11) is 1.80. The number of rotatable bonds is 3. The fourth-order valence-electron chi connectivity index (χ4n) is 1.93. The van der Waals surface area contributed by atoms with Crippen LogP contribution in [0.1, 0.15) is 23.3 Å². The molecule has 0 saturated carbocycles. The van der Waals surface area contributed by atoms with Crippen molar-refractivity contribution >= 4 is 5.91 Å². The van der Waals surface area contributed by atoms with E-state index in [4.69, 9.17) is 0 Å². The van der Waals surface area contributed by atoms with Crippen LogP contribution in [-0.2, 0) is 0 Å². The molecule has 1 fully saturated rings. The highest BCUT2D eigenvalue weighted by Crippen LogP contribution is 2.07. The maximum absolute atomic E-state index is 11.9. The van der Waals surface area contributed by atoms with Crippen LogP contribution < -0.4 is 5.32 Å². The molecule has 1 aromatic rings. The number of amides is 1. The number of hydrogen-bond acceptors (Lipinski definition) is 4. The molecule has 0 aliphatic carbocycles. The summed E-state index contributed by atoms with van der Waals surface area (Å²) < 4.78 is 0. The Hall–Kier alpha value is -1.49. The molecule has 1 amide bonds. The van der Waals surface area contributed by atoms with E-state index >= 15 is 0 Å². The van der Waals surface area contributed by atoms with Gasteiger partial charge in [0.2, 0.25) is 0 Å². The molecule has 2 rings (SSSR count). The molecule has 1 atom stereocenters. The van der Waals surface area contributed by atoms with Crippen LogP contribution in [0.4, 0.5) is 0 Å². The second-order valence-corrected chi connectivity index (χ2v) is 4.07. The Kier molecular flexibility index (Phi) is 3.46. The molecule has 86 valence electrons. The number of hydrogen-bond donors (Lipinski definition) is 1. The number of likely N-dealkylation sites (N-methyl/N-ethyl adjacent to an activating group) is 1. The quantitative estimate of drug-likeness (QED) is 0.796. The third-order valence-corrected chi connectivity index (χ3v) is 2.79. The largest absolute Gasteiger partial charge is 0.339 e. The van der Waals surface area contributed by atoms with Gasteiger partial charge in [0.1, 0.15) is 5.69 Å². The molecule has 5 heteroatoms. The minimum Gasteiger partial charge on any atom is -0.339 e. The Morgan fingerprint density at radius 1 is 1.62 bits per heavy atom. The molecule has 0 unspecified atom stereocenters. The average Bonchev–Trinajstić information content (AvgIpc) is 2.82. The highest BCUT2D eigenvalue weighted by Gasteiger charge is 2.20. The summed E-state index contributed by atoms with van der Waals surface area (Å²) in [6, 6.07) is 0.422. The molecule has 1 saturated heterocycles. The van der Waals surface area contributed by atoms with Gasteiger partial charge in [-0.1, -0.05) is 0 Å². The SMILES string of the molecule is CN(C[C@H]1CCCN1)C(=O)c1cnccn1. The van der Waals surface area contributed by atoms with E-state index in [0.29, 0.717) is 11.7 Å². The molecule has 0 spiro atoms. The van der Waals surface area contributed by atoms with E-state index in [0.717, 1.165) is 19.5 Å². The lowest BCUT2D eigenvalue weighted by Gasteiger charge is -2.20. The molecule has 1 N–H and O–H groups in total. The van der Waals surface area contributed by atoms with Crippen LogP contribution in [0.3, 0.4) is 0 Å². The Morgan fingerprint density at radius 2 is 2.50 bits per heavy atom. The first-order valence-corrected chi connectivity index (χ1v) is 5.52. The predicted octanol–water partition coefficient (Wildman–Crippen LogP) is 0.301. The molecule has 16 heavy (non-hydrogen) atoms. The first-order valence-electron chi connectivity index (χ1n) is 5.52. The summed E-state index contributed by atoms with van der Waals surface area (Å²) in [5.41, 5.74) is 0.406. The molecule has 0 radical (unpaired) electrons. The highest BCUT2D eigenvalue weighted by atomic mass is 16.2. The molecule has 2 heterocycles. The van der Waals surface area contributed by atoms with Gasteiger partial charge in [-0.3, -0.25) is 9.78 Å². The standard InChI is InChI=1S/C11H16N4O/c1-15(8-9-3-2-4-13-9)11(16)10-7-12-5-6-14-10/h5-7,9,13H,2-4,8H2,1H3/t9-/m1/s1. The fraction of sp³-hybridized carbons (Fsp3) is 0.545. The van der Waals surface area contributed by atoms with Crippen LogP contribution in [0, 0.1) is 0 Å². The van der Waals surface area contributed by atoms with Crippen LogP contribution in [-0.4, -0.2) is 47.0 Å². The minimum absolute atomic E-state index is 0.0678. The van der Waals surface area contributed by atoms with E-state index < -0.39 is 0 Å². The van der Waals surface area contributed by atoms with Crippen LogP contribution in [0.2, 0.25) is 0 Å². The van der Waals surface area contributed by atoms with Gasteiger partial charge in [-0.05, 0) is 19.4 Å². The van der Waals surface area contributed by atoms with Gasteiger partial charge >= 0.3 is 0 Å². The van der Waals surface area contributed by atoms with Crippen LogP contribution in [0.5, 0.6) is 0 Å². The number of carbonyl (C=O) groups is 1. The van der Waals surface area contributed by atoms with Crippen molar-refractivity contribution in [3.8, 4) is 0 Å². The monoisotopic (exact) mass is 220 g/mol. The number of carbonyl (C=O) groups excluding carboxylic acids is 1. The molecule has 0 bridgehead atoms. The third kappa shape index (κ3) is 2.55. The zero-order valence-corrected chi connectivity index (χ0v) is 9.39. The lowest BCUT2D eigenvalue weighted by molar-refractivity contribution is 0.0777. The highest BCUT2D eigenvalue weighted by molar-refractivity contribution is 5.91. The van der Waals surface area contributed by atoms with Crippen molar-refractivity contribution in [1.29, 1.82) is 0 Å². The Balaban J connectivity index is 1.94. The van der Waals surface area contributed by atoms with Crippen molar-refractivity contribution in [2.24, 2.45) is 0 Å². The topological polar surface area (TPSA) is 58.1 Å². The van der Waals surface area contributed by atoms with Gasteiger partial charge in [0.05, 0.1) is 6.20 Å². The second-order valence-electron chi connectivity index (χ2n) is 4.07. The van der Waals surface area contributed by atoms with Gasteiger partial charge in [0, 0.05) is 32.0 Å². The van der Waals surface area contributed by atoms with Crippen molar-refractivity contribution in [3.05, 3.63) is 24.3 Å². The van der Waals surface area contributed by atoms with Gasteiger partial charge in [0.25, 0.3) is 5.91 Å². The summed E-state index contributed by atoms with van der Waals surface area (Å²) in [6.45, 7) is 1.78. The lowest BCUT2D eigenvalue weighted by Crippen LogP contribution is -2.38. The van der Waals surface area contributed by atoms with Gasteiger partial charge in [-0.15, -0.1) is 0 Å². The Labute approximate surface area is 94.9 Å². The predicted molar refractivity (Wildman–Crippen MR) is 60.0 cm³/mol. The average molecular weight is 220 g/mol. The Morgan fingerprint density at radius 3 is 3.12 bits per heavy atom. The molecular formula is C11H16N4O. The van der Waals surface area contributed by atoms with E-state index in [9.17, 15) is 4.79 Å². The van der Waals surface area contributed by atoms with Gasteiger partial charge in [-0.25, -0.2) is 4.98 Å². The molecule has 1 aliphatic heterocycles. The van der Waals surface area contributed by atoms with Crippen LogP contribution in [0.25, 0.3) is 0 Å². The van der Waals surface area contributed by atoms with E-state index in [1.165, 1.54) is 18.8 Å². The molecular weight excluding hydrogens is 204 g/mol. The van der Waals surface area contributed by atoms with E-state index in [1.54, 1.807) is 18.1 Å². The van der Waals surface area contributed by atoms with Crippen molar-refractivity contribution in [2.75, 3.05) is 20.1 Å². The maximum atomic E-state index is 11.9. The van der Waals surface area contributed by atoms with Crippen molar-refractivity contribution in [2.45, 2.75) is 18.9 Å². The second kappa shape index (κ2) is 5.03. The van der Waals surface area contributed by atoms with Crippen LogP contribution >= 0.6 is 0 Å². The van der Waals surface area contributed by atoms with Gasteiger partial charge in [0.15, 0.2) is 0 Å². The van der Waals surface area contributed by atoms with Gasteiger partial charge in [-0.2, -0.15) is 0 Å². The molecule has 5 nitrogen and oxygen atoms in total. The van der Waals surface area contributed by atoms with Crippen LogP contribution in [0.15, 0.2) is 18.6 Å². The first kappa shape index (κ1) is 11.0. The summed E-state index contributed by atoms with van der Waals surface area (Å²) >= 11 is 0. The maximum Gasteiger partial charge on any atom is 0.273 e. The zero-order chi connectivity index (χ0) is 11.4. The normalized spacial score (nSPS) is 19.7. The summed E-state index contributed by atoms with van der Waals surface area (Å²) in [5.74, 6) is -0.0678. The molecule has 0 aromatic carbocycles. The van der Waals surface area contributed by atoms with Gasteiger partial charge < -0.3 is 10.2 Å².